The molecular formula is C69H72ClF3N10O11S. The van der Waals surface area contributed by atoms with E-state index >= 15 is 13.2 Å². The van der Waals surface area contributed by atoms with Gasteiger partial charge in [0, 0.05) is 77.5 Å². The van der Waals surface area contributed by atoms with Crippen molar-refractivity contribution in [3.8, 4) is 34.6 Å². The highest BCUT2D eigenvalue weighted by atomic mass is 35.5. The van der Waals surface area contributed by atoms with Crippen molar-refractivity contribution >= 4 is 95.7 Å². The number of cyclic esters (lactones) is 1. The zero-order chi connectivity index (χ0) is 68.1. The van der Waals surface area contributed by atoms with Crippen LogP contribution in [0.1, 0.15) is 121 Å². The van der Waals surface area contributed by atoms with Gasteiger partial charge in [-0.2, -0.15) is 15.2 Å². The molecule has 3 aromatic carbocycles. The summed E-state index contributed by atoms with van der Waals surface area (Å²) in [6.45, 7) is 21.6. The second kappa shape index (κ2) is 25.0. The molecule has 5 aliphatic heterocycles. The molecule has 12 rings (SSSR count). The van der Waals surface area contributed by atoms with E-state index in [-0.39, 0.29) is 135 Å². The first-order chi connectivity index (χ1) is 45.1. The molecule has 0 aliphatic carbocycles. The Morgan fingerprint density at radius 1 is 1.01 bits per heavy atom. The van der Waals surface area contributed by atoms with E-state index in [1.54, 1.807) is 52.2 Å². The second-order valence-corrected chi connectivity index (χ2v) is 27.8. The molecule has 3 fully saturated rings. The quantitative estimate of drug-likeness (QED) is 0.0570. The third kappa shape index (κ3) is 11.7. The van der Waals surface area contributed by atoms with Crippen LogP contribution >= 0.6 is 22.9 Å². The van der Waals surface area contributed by atoms with Crippen LogP contribution in [0.15, 0.2) is 59.4 Å². The summed E-state index contributed by atoms with van der Waals surface area (Å²) in [4.78, 5) is 105. The summed E-state index contributed by atoms with van der Waals surface area (Å²) in [6.07, 6.45) is -1.92. The van der Waals surface area contributed by atoms with Crippen molar-refractivity contribution < 1.29 is 60.8 Å². The van der Waals surface area contributed by atoms with Gasteiger partial charge in [-0.25, -0.2) is 32.5 Å². The molecule has 5 aliphatic rings. The van der Waals surface area contributed by atoms with Crippen LogP contribution in [-0.4, -0.2) is 146 Å². The van der Waals surface area contributed by atoms with E-state index in [2.05, 4.69) is 27.8 Å². The number of nitriles is 1. The molecule has 95 heavy (non-hydrogen) atoms. The monoisotopic (exact) mass is 1340 g/mol. The molecule has 0 saturated carbocycles. The number of carbonyl (C=O) groups excluding carboxylic acids is 5. The molecule has 26 heteroatoms. The number of nitrogens with zero attached hydrogens (tertiary/aromatic N) is 9. The number of halogens is 4. The number of hydrogen-bond donors (Lipinski definition) is 1. The van der Waals surface area contributed by atoms with Crippen LogP contribution in [0.5, 0.6) is 6.01 Å². The van der Waals surface area contributed by atoms with Crippen LogP contribution in [0, 0.1) is 29.9 Å². The van der Waals surface area contributed by atoms with Gasteiger partial charge >= 0.3 is 30.1 Å². The lowest BCUT2D eigenvalue weighted by atomic mass is 9.85. The van der Waals surface area contributed by atoms with Gasteiger partial charge in [-0.15, -0.1) is 11.3 Å². The number of fused-ring (bicyclic) bond motifs is 8. The van der Waals surface area contributed by atoms with Gasteiger partial charge in [0.1, 0.15) is 65.9 Å². The normalized spacial score (nSPS) is 20.3. The Morgan fingerprint density at radius 2 is 1.78 bits per heavy atom. The molecule has 1 unspecified atom stereocenters. The molecule has 3 saturated heterocycles. The highest BCUT2D eigenvalue weighted by Crippen LogP contribution is 2.48. The number of aromatic nitrogens is 4. The number of pyridine rings is 2. The van der Waals surface area contributed by atoms with Crippen molar-refractivity contribution in [2.75, 3.05) is 56.1 Å². The topological polar surface area (TPSA) is 241 Å². The van der Waals surface area contributed by atoms with Gasteiger partial charge < -0.3 is 38.1 Å². The van der Waals surface area contributed by atoms with Crippen LogP contribution < -0.4 is 20.5 Å². The van der Waals surface area contributed by atoms with Gasteiger partial charge in [0.15, 0.2) is 5.82 Å². The second-order valence-electron chi connectivity index (χ2n) is 26.4. The number of aryl methyl sites for hydroxylation is 2. The van der Waals surface area contributed by atoms with Crippen molar-refractivity contribution in [1.82, 2.24) is 34.2 Å². The number of amides is 3. The Labute approximate surface area is 554 Å². The molecule has 5 atom stereocenters. The highest BCUT2D eigenvalue weighted by molar-refractivity contribution is 7.23. The number of carbonyl (C=O) groups is 5. The molecule has 9 heterocycles. The molecule has 7 aromatic rings. The average molecular weight is 1340 g/mol. The number of thiophene rings is 1. The number of anilines is 2. The number of alkyl halides is 1. The number of ether oxygens (including phenoxy) is 5. The van der Waals surface area contributed by atoms with Gasteiger partial charge in [-0.3, -0.25) is 29.5 Å². The molecule has 3 amide bonds. The van der Waals surface area contributed by atoms with Crippen molar-refractivity contribution in [3.05, 3.63) is 115 Å². The molecule has 498 valence electrons. The minimum absolute atomic E-state index is 0.00312. The lowest BCUT2D eigenvalue weighted by Gasteiger charge is -2.41. The van der Waals surface area contributed by atoms with E-state index < -0.39 is 94.9 Å². The maximum absolute atomic E-state index is 17.9. The Morgan fingerprint density at radius 3 is 2.48 bits per heavy atom. The highest BCUT2D eigenvalue weighted by Gasteiger charge is 2.52. The summed E-state index contributed by atoms with van der Waals surface area (Å²) in [5.41, 5.74) is 0.428. The molecular weight excluding hydrogens is 1270 g/mol. The predicted molar refractivity (Wildman–Crippen MR) is 351 cm³/mol. The number of hydrogen-bond acceptors (Lipinski definition) is 18. The molecule has 1 N–H and O–H groups in total. The van der Waals surface area contributed by atoms with Gasteiger partial charge in [-0.1, -0.05) is 49.7 Å². The SMILES string of the molecule is C=C(C(=O)N1CCN(c2nc(OC[C@@]34CCCN3C[C@H](F)C4)nc3c(F)c(-c4ccc(F)c5sc(NC(=O)OC(C)(C)C)c(C#N)c45)c(Cl)cc23)[C@@H](C)C1)C(C)OC(=O)N(CC(=O)O[C@]1(CC)C(=O)OCc2c1cc1n(c2=O)Cc2c-1nc1ccc(C)cc1c2CC)C(C)C. The Balaban J connectivity index is 0.773. The summed E-state index contributed by atoms with van der Waals surface area (Å²) in [7, 11) is 0. The standard InChI is InChI=1S/C69H72ClF3N10O11S/c1-12-40-42-23-35(5)15-18-50(42)75-56-45(40)30-83-51(56)25-47-46(62(83)86)32-90-63(87)69(47,13-2)93-52(84)31-82(34(3)4)66(89)92-38(8)37(7)61(85)79-21-22-81(36(6)28-79)59-43-24-48(70)54(55(73)57(43)76-64(77-59)91-33-68-19-14-20-80(68)29-39(71)26-68)41-16-17-49(72)58-53(41)44(27-74)60(95-58)78-65(88)94-67(9,10)11/h15-18,23-25,34,36,38-39H,7,12-14,19-22,26,28-33H2,1-6,8-11H3,(H,78,88)/t36-,38?,39+,68-,69-/m0/s1. The Bertz CT molecular complexity index is 4530. The fraction of sp³-hybridized carbons (Fsp3) is 0.449. The maximum atomic E-state index is 17.9. The zero-order valence-corrected chi connectivity index (χ0v) is 56.0. The van der Waals surface area contributed by atoms with Gasteiger partial charge in [0.05, 0.1) is 55.4 Å². The van der Waals surface area contributed by atoms with Crippen molar-refractivity contribution in [2.45, 2.75) is 156 Å². The largest absolute Gasteiger partial charge is 0.461 e. The minimum Gasteiger partial charge on any atom is -0.461 e. The molecule has 0 spiro atoms. The minimum atomic E-state index is -2.06. The summed E-state index contributed by atoms with van der Waals surface area (Å²) < 4.78 is 79.6. The molecule has 4 aromatic heterocycles. The first-order valence-electron chi connectivity index (χ1n) is 31.8. The van der Waals surface area contributed by atoms with Gasteiger partial charge in [-0.05, 0) is 129 Å². The molecule has 21 nitrogen and oxygen atoms in total. The van der Waals surface area contributed by atoms with Gasteiger partial charge in [0.2, 0.25) is 5.60 Å². The van der Waals surface area contributed by atoms with Crippen LogP contribution in [-0.2, 0) is 58.5 Å². The van der Waals surface area contributed by atoms with Crippen LogP contribution in [0.25, 0.3) is 54.4 Å². The van der Waals surface area contributed by atoms with Crippen LogP contribution in [0.4, 0.5) is 33.6 Å². The predicted octanol–water partition coefficient (Wildman–Crippen LogP) is 12.0. The fourth-order valence-electron chi connectivity index (χ4n) is 14.1. The maximum Gasteiger partial charge on any atom is 0.412 e. The Kier molecular flexibility index (Phi) is 17.4. The first-order valence-corrected chi connectivity index (χ1v) is 33.0. The van der Waals surface area contributed by atoms with Crippen molar-refractivity contribution in [1.29, 1.82) is 5.26 Å². The summed E-state index contributed by atoms with van der Waals surface area (Å²) in [6, 6.07) is 12.1. The van der Waals surface area contributed by atoms with Crippen LogP contribution in [0.2, 0.25) is 5.02 Å². The summed E-state index contributed by atoms with van der Waals surface area (Å²) in [5, 5.41) is 14.0. The molecule has 0 radical (unpaired) electrons. The third-order valence-electron chi connectivity index (χ3n) is 18.8. The zero-order valence-electron chi connectivity index (χ0n) is 54.4. The lowest BCUT2D eigenvalue weighted by molar-refractivity contribution is -0.190. The Hall–Kier alpha value is -8.86. The van der Waals surface area contributed by atoms with Crippen LogP contribution in [0.3, 0.4) is 0 Å². The van der Waals surface area contributed by atoms with Crippen molar-refractivity contribution in [2.24, 2.45) is 0 Å². The van der Waals surface area contributed by atoms with E-state index in [0.717, 1.165) is 56.3 Å². The first kappa shape index (κ1) is 66.2. The number of benzene rings is 3. The molecule has 0 bridgehead atoms. The number of esters is 2. The fourth-order valence-corrected chi connectivity index (χ4v) is 15.5. The lowest BCUT2D eigenvalue weighted by Crippen LogP contribution is -2.55. The summed E-state index contributed by atoms with van der Waals surface area (Å²) >= 11 is 7.87. The summed E-state index contributed by atoms with van der Waals surface area (Å²) in [5.74, 6) is -3.95. The van der Waals surface area contributed by atoms with E-state index in [1.807, 2.05) is 43.9 Å². The van der Waals surface area contributed by atoms with E-state index in [4.69, 9.17) is 45.3 Å². The number of nitrogens with one attached hydrogen (secondary N) is 1. The number of piperazine rings is 1. The van der Waals surface area contributed by atoms with E-state index in [0.29, 0.717) is 30.8 Å². The smallest absolute Gasteiger partial charge is 0.412 e. The van der Waals surface area contributed by atoms with E-state index in [1.165, 1.54) is 24.0 Å². The average Bonchev–Trinajstić information content (AvgIpc) is 1.68. The van der Waals surface area contributed by atoms with Gasteiger partial charge in [0.25, 0.3) is 11.5 Å². The van der Waals surface area contributed by atoms with E-state index in [9.17, 15) is 34.0 Å². The van der Waals surface area contributed by atoms with Crippen molar-refractivity contribution in [3.63, 3.8) is 0 Å². The third-order valence-corrected chi connectivity index (χ3v) is 20.2. The number of rotatable bonds is 15.